The minimum Gasteiger partial charge on any atom is -0.460 e. The number of halogens is 1. The van der Waals surface area contributed by atoms with Gasteiger partial charge in [-0.05, 0) is 48.4 Å². The second kappa shape index (κ2) is 9.94. The average molecular weight is 528 g/mol. The second-order valence-corrected chi connectivity index (χ2v) is 11.5. The molecule has 0 radical (unpaired) electrons. The van der Waals surface area contributed by atoms with Crippen LogP contribution in [-0.4, -0.2) is 23.8 Å². The third-order valence-corrected chi connectivity index (χ3v) is 8.72. The molecule has 0 spiro atoms. The number of fused-ring (bicyclic) bond motifs is 1. The lowest BCUT2D eigenvalue weighted by molar-refractivity contribution is 0.357. The molecule has 0 N–H and O–H groups in total. The summed E-state index contributed by atoms with van der Waals surface area (Å²) in [5.41, 5.74) is 0.770. The Balaban J connectivity index is 1.46. The van der Waals surface area contributed by atoms with Crippen molar-refractivity contribution in [2.75, 3.05) is 6.54 Å². The number of hydrogen-bond acceptors (Lipinski definition) is 6. The average Bonchev–Trinajstić information content (AvgIpc) is 3.43. The summed E-state index contributed by atoms with van der Waals surface area (Å²) in [5, 5.41) is 0.462. The number of thiazole rings is 1. The molecule has 2 aromatic carbocycles. The summed E-state index contributed by atoms with van der Waals surface area (Å²) in [7, 11) is -3.83. The van der Waals surface area contributed by atoms with Crippen LogP contribution in [0, 0.1) is 0 Å². The Labute approximate surface area is 211 Å². The molecule has 7 nitrogen and oxygen atoms in total. The quantitative estimate of drug-likeness (QED) is 0.369. The summed E-state index contributed by atoms with van der Waals surface area (Å²) in [6.07, 6.45) is 2.54. The summed E-state index contributed by atoms with van der Waals surface area (Å²) in [5.74, 6) is 0.954. The molecule has 4 aromatic rings. The normalized spacial score (nSPS) is 14.2. The fraction of sp³-hybridized carbons (Fsp3) is 0.200. The highest BCUT2D eigenvalue weighted by molar-refractivity contribution is 7.89. The lowest BCUT2D eigenvalue weighted by atomic mass is 10.2. The van der Waals surface area contributed by atoms with Crippen molar-refractivity contribution in [1.82, 2.24) is 8.87 Å². The molecule has 0 amide bonds. The molecule has 1 aliphatic heterocycles. The molecule has 35 heavy (non-hydrogen) atoms. The van der Waals surface area contributed by atoms with Gasteiger partial charge in [0.25, 0.3) is 5.56 Å². The van der Waals surface area contributed by atoms with Gasteiger partial charge in [0.2, 0.25) is 10.0 Å². The molecular formula is C25H22ClN3O4S2. The number of aromatic nitrogens is 1. The fourth-order valence-corrected chi connectivity index (χ4v) is 6.39. The van der Waals surface area contributed by atoms with Crippen molar-refractivity contribution in [1.29, 1.82) is 0 Å². The van der Waals surface area contributed by atoms with Gasteiger partial charge in [-0.15, -0.1) is 0 Å². The van der Waals surface area contributed by atoms with Crippen LogP contribution in [0.5, 0.6) is 0 Å². The molecule has 0 bridgehead atoms. The molecule has 3 heterocycles. The number of nitrogens with zero attached hydrogens (tertiary/aromatic N) is 3. The summed E-state index contributed by atoms with van der Waals surface area (Å²) >= 11 is 7.29. The first kappa shape index (κ1) is 23.7. The number of benzene rings is 2. The third kappa shape index (κ3) is 5.18. The second-order valence-electron chi connectivity index (χ2n) is 8.10. The van der Waals surface area contributed by atoms with Crippen LogP contribution >= 0.6 is 22.9 Å². The van der Waals surface area contributed by atoms with Crippen LogP contribution in [0.25, 0.3) is 6.08 Å². The van der Waals surface area contributed by atoms with Crippen LogP contribution in [-0.2, 0) is 29.7 Å². The van der Waals surface area contributed by atoms with E-state index in [1.54, 1.807) is 34.9 Å². The predicted molar refractivity (Wildman–Crippen MR) is 135 cm³/mol. The lowest BCUT2D eigenvalue weighted by Crippen LogP contribution is -2.33. The van der Waals surface area contributed by atoms with Crippen LogP contribution in [0.15, 0.2) is 85.8 Å². The van der Waals surface area contributed by atoms with E-state index < -0.39 is 10.0 Å². The smallest absolute Gasteiger partial charge is 0.270 e. The van der Waals surface area contributed by atoms with Crippen LogP contribution in [0.4, 0.5) is 0 Å². The Morgan fingerprint density at radius 1 is 1.06 bits per heavy atom. The molecule has 180 valence electrons. The minimum atomic E-state index is -3.83. The molecule has 0 saturated heterocycles. The first-order valence-corrected chi connectivity index (χ1v) is 13.7. The predicted octanol–water partition coefficient (Wildman–Crippen LogP) is 3.40. The molecule has 2 aromatic heterocycles. The maximum absolute atomic E-state index is 13.5. The van der Waals surface area contributed by atoms with Gasteiger partial charge >= 0.3 is 0 Å². The van der Waals surface area contributed by atoms with Gasteiger partial charge in [-0.1, -0.05) is 53.3 Å². The summed E-state index contributed by atoms with van der Waals surface area (Å²) in [4.78, 5) is 17.9. The molecule has 0 saturated carbocycles. The molecule has 0 unspecified atom stereocenters. The highest BCUT2D eigenvalue weighted by Crippen LogP contribution is 2.23. The zero-order chi connectivity index (χ0) is 24.4. The van der Waals surface area contributed by atoms with Crippen molar-refractivity contribution in [2.45, 2.75) is 31.0 Å². The number of rotatable bonds is 7. The van der Waals surface area contributed by atoms with E-state index in [1.807, 2.05) is 30.3 Å². The highest BCUT2D eigenvalue weighted by Gasteiger charge is 2.26. The molecule has 0 atom stereocenters. The zero-order valence-electron chi connectivity index (χ0n) is 18.6. The van der Waals surface area contributed by atoms with E-state index in [1.165, 1.54) is 27.8 Å². The fourth-order valence-electron chi connectivity index (χ4n) is 3.86. The van der Waals surface area contributed by atoms with Gasteiger partial charge in [0, 0.05) is 30.7 Å². The standard InChI is InChI=1S/C25H22ClN3O4S2/c26-19-7-11-22(12-8-19)35(31,32)28(16-18-5-2-1-3-6-18)17-21-10-9-20(33-21)15-23-24(30)29-14-4-13-27-25(29)34-23/h1-3,5-12,15H,4,13-14,16-17H2/b23-15+. The topological polar surface area (TPSA) is 84.9 Å². The summed E-state index contributed by atoms with van der Waals surface area (Å²) in [6.45, 7) is 1.60. The molecule has 5 rings (SSSR count). The van der Waals surface area contributed by atoms with Gasteiger partial charge in [-0.25, -0.2) is 8.42 Å². The van der Waals surface area contributed by atoms with Gasteiger partial charge in [0.05, 0.1) is 16.0 Å². The number of furan rings is 1. The van der Waals surface area contributed by atoms with E-state index in [0.29, 0.717) is 27.6 Å². The van der Waals surface area contributed by atoms with Crippen molar-refractivity contribution in [2.24, 2.45) is 4.99 Å². The molecule has 0 aliphatic carbocycles. The zero-order valence-corrected chi connectivity index (χ0v) is 21.0. The van der Waals surface area contributed by atoms with Gasteiger partial charge in [-0.3, -0.25) is 14.4 Å². The third-order valence-electron chi connectivity index (χ3n) is 5.62. The molecule has 1 aliphatic rings. The Hall–Kier alpha value is -2.98. The molecule has 10 heteroatoms. The van der Waals surface area contributed by atoms with E-state index in [4.69, 9.17) is 16.0 Å². The number of hydrogen-bond donors (Lipinski definition) is 0. The van der Waals surface area contributed by atoms with Gasteiger partial charge in [-0.2, -0.15) is 4.31 Å². The maximum Gasteiger partial charge on any atom is 0.270 e. The van der Waals surface area contributed by atoms with E-state index in [-0.39, 0.29) is 23.5 Å². The minimum absolute atomic E-state index is 0.0307. The van der Waals surface area contributed by atoms with Gasteiger partial charge in [0.1, 0.15) is 11.5 Å². The Bertz CT molecular complexity index is 1620. The van der Waals surface area contributed by atoms with E-state index >= 15 is 0 Å². The first-order chi connectivity index (χ1) is 16.9. The van der Waals surface area contributed by atoms with Crippen molar-refractivity contribution in [3.63, 3.8) is 0 Å². The lowest BCUT2D eigenvalue weighted by Gasteiger charge is -2.21. The first-order valence-electron chi connectivity index (χ1n) is 11.0. The van der Waals surface area contributed by atoms with Crippen molar-refractivity contribution < 1.29 is 12.8 Å². The number of sulfonamides is 1. The summed E-state index contributed by atoms with van der Waals surface area (Å²) < 4.78 is 36.5. The van der Waals surface area contributed by atoms with Gasteiger partial charge in [0.15, 0.2) is 4.80 Å². The Morgan fingerprint density at radius 2 is 1.83 bits per heavy atom. The van der Waals surface area contributed by atoms with E-state index in [0.717, 1.165) is 23.3 Å². The van der Waals surface area contributed by atoms with E-state index in [9.17, 15) is 13.2 Å². The largest absolute Gasteiger partial charge is 0.460 e. The van der Waals surface area contributed by atoms with Crippen LogP contribution in [0.3, 0.4) is 0 Å². The summed E-state index contributed by atoms with van der Waals surface area (Å²) in [6, 6.07) is 19.0. The Kier molecular flexibility index (Phi) is 6.75. The van der Waals surface area contributed by atoms with Crippen LogP contribution in [0.2, 0.25) is 5.02 Å². The SMILES string of the molecule is O=c1/c(=C\c2ccc(CN(Cc3ccccc3)S(=O)(=O)c3ccc(Cl)cc3)o2)sc2n1CCCN=2. The van der Waals surface area contributed by atoms with Crippen molar-refractivity contribution >= 4 is 39.0 Å². The molecule has 0 fully saturated rings. The van der Waals surface area contributed by atoms with Crippen molar-refractivity contribution in [3.8, 4) is 0 Å². The van der Waals surface area contributed by atoms with Crippen LogP contribution in [0.1, 0.15) is 23.5 Å². The van der Waals surface area contributed by atoms with Gasteiger partial charge < -0.3 is 4.42 Å². The van der Waals surface area contributed by atoms with E-state index in [2.05, 4.69) is 4.99 Å². The van der Waals surface area contributed by atoms with Crippen molar-refractivity contribution in [3.05, 3.63) is 109 Å². The monoisotopic (exact) mass is 527 g/mol. The van der Waals surface area contributed by atoms with Crippen LogP contribution < -0.4 is 14.9 Å². The maximum atomic E-state index is 13.5. The highest BCUT2D eigenvalue weighted by atomic mass is 35.5. The molecular weight excluding hydrogens is 506 g/mol. The Morgan fingerprint density at radius 3 is 2.57 bits per heavy atom.